The van der Waals surface area contributed by atoms with E-state index in [4.69, 9.17) is 5.11 Å². The quantitative estimate of drug-likeness (QED) is 0.295. The Morgan fingerprint density at radius 2 is 1.84 bits per heavy atom. The van der Waals surface area contributed by atoms with Crippen molar-refractivity contribution in [2.45, 2.75) is 44.6 Å². The first-order chi connectivity index (χ1) is 15.3. The van der Waals surface area contributed by atoms with Crippen LogP contribution in [0.4, 0.5) is 5.69 Å². The predicted molar refractivity (Wildman–Crippen MR) is 111 cm³/mol. The van der Waals surface area contributed by atoms with Crippen LogP contribution in [0.15, 0.2) is 18.2 Å². The van der Waals surface area contributed by atoms with Crippen molar-refractivity contribution in [1.82, 2.24) is 15.5 Å². The van der Waals surface area contributed by atoms with E-state index in [0.717, 1.165) is 4.90 Å². The molecule has 2 heterocycles. The number of hydrogen-bond donors (Lipinski definition) is 4. The number of carbonyl (C=O) groups is 6. The van der Waals surface area contributed by atoms with Gasteiger partial charge in [0.05, 0.1) is 11.1 Å². The zero-order valence-electron chi connectivity index (χ0n) is 17.3. The van der Waals surface area contributed by atoms with Crippen molar-refractivity contribution in [2.24, 2.45) is 0 Å². The molecular formula is C21H24N4O7. The number of benzene rings is 1. The maximum Gasteiger partial charge on any atom is 0.303 e. The van der Waals surface area contributed by atoms with Crippen LogP contribution in [0.5, 0.6) is 0 Å². The number of nitrogens with zero attached hydrogens (tertiary/aromatic N) is 1. The average molecular weight is 444 g/mol. The number of carboxylic acids is 1. The van der Waals surface area contributed by atoms with Crippen LogP contribution >= 0.6 is 0 Å². The molecule has 1 unspecified atom stereocenters. The molecule has 0 spiro atoms. The molecule has 0 aliphatic carbocycles. The fourth-order valence-electron chi connectivity index (χ4n) is 3.69. The number of imide groups is 2. The lowest BCUT2D eigenvalue weighted by molar-refractivity contribution is -0.138. The van der Waals surface area contributed by atoms with Crippen LogP contribution in [0.3, 0.4) is 0 Å². The zero-order valence-corrected chi connectivity index (χ0v) is 17.3. The Labute approximate surface area is 183 Å². The summed E-state index contributed by atoms with van der Waals surface area (Å²) in [5, 5.41) is 16.5. The van der Waals surface area contributed by atoms with Gasteiger partial charge < -0.3 is 15.7 Å². The Hall–Kier alpha value is -3.76. The van der Waals surface area contributed by atoms with E-state index < -0.39 is 35.6 Å². The van der Waals surface area contributed by atoms with E-state index in [1.807, 2.05) is 0 Å². The van der Waals surface area contributed by atoms with Crippen LogP contribution in [-0.4, -0.2) is 64.6 Å². The minimum Gasteiger partial charge on any atom is -0.481 e. The number of nitrogens with one attached hydrogen (secondary N) is 3. The topological polar surface area (TPSA) is 162 Å². The Morgan fingerprint density at radius 3 is 2.56 bits per heavy atom. The SMILES string of the molecule is O=C(O)CCCC(=O)NCCCNc1cccc2c1C(=O)N(C1CCC(=O)NC1=O)C2=O. The predicted octanol–water partition coefficient (Wildman–Crippen LogP) is 0.261. The van der Waals surface area contributed by atoms with Gasteiger partial charge in [-0.1, -0.05) is 6.07 Å². The van der Waals surface area contributed by atoms with Crippen LogP contribution < -0.4 is 16.0 Å². The van der Waals surface area contributed by atoms with E-state index in [1.54, 1.807) is 12.1 Å². The Kier molecular flexibility index (Phi) is 7.18. The molecule has 5 amide bonds. The van der Waals surface area contributed by atoms with E-state index in [9.17, 15) is 28.8 Å². The summed E-state index contributed by atoms with van der Waals surface area (Å²) in [6.07, 6.45) is 1.03. The highest BCUT2D eigenvalue weighted by atomic mass is 16.4. The molecule has 1 aromatic carbocycles. The largest absolute Gasteiger partial charge is 0.481 e. The van der Waals surface area contributed by atoms with E-state index in [-0.39, 0.29) is 49.1 Å². The van der Waals surface area contributed by atoms with Gasteiger partial charge in [0.25, 0.3) is 11.8 Å². The second-order valence-corrected chi connectivity index (χ2v) is 7.55. The highest BCUT2D eigenvalue weighted by Gasteiger charge is 2.45. The summed E-state index contributed by atoms with van der Waals surface area (Å²) in [6.45, 7) is 0.773. The molecule has 0 saturated carbocycles. The molecule has 0 aromatic heterocycles. The summed E-state index contributed by atoms with van der Waals surface area (Å²) in [4.78, 5) is 72.3. The first-order valence-electron chi connectivity index (χ1n) is 10.4. The number of rotatable bonds is 10. The maximum atomic E-state index is 13.0. The molecule has 3 rings (SSSR count). The van der Waals surface area contributed by atoms with Gasteiger partial charge in [0.15, 0.2) is 0 Å². The molecule has 11 nitrogen and oxygen atoms in total. The van der Waals surface area contributed by atoms with Crippen molar-refractivity contribution in [3.63, 3.8) is 0 Å². The minimum atomic E-state index is -1.02. The van der Waals surface area contributed by atoms with E-state index >= 15 is 0 Å². The van der Waals surface area contributed by atoms with Gasteiger partial charge in [-0.2, -0.15) is 0 Å². The van der Waals surface area contributed by atoms with Crippen molar-refractivity contribution in [2.75, 3.05) is 18.4 Å². The summed E-state index contributed by atoms with van der Waals surface area (Å²) in [7, 11) is 0. The van der Waals surface area contributed by atoms with Crippen molar-refractivity contribution >= 4 is 41.2 Å². The van der Waals surface area contributed by atoms with Crippen LogP contribution in [0.2, 0.25) is 0 Å². The van der Waals surface area contributed by atoms with Crippen LogP contribution in [0.25, 0.3) is 0 Å². The molecule has 1 saturated heterocycles. The van der Waals surface area contributed by atoms with Gasteiger partial charge in [0.2, 0.25) is 17.7 Å². The number of carbonyl (C=O) groups excluding carboxylic acids is 5. The maximum absolute atomic E-state index is 13.0. The summed E-state index contributed by atoms with van der Waals surface area (Å²) in [5.74, 6) is -3.43. The molecule has 2 aliphatic rings. The molecule has 4 N–H and O–H groups in total. The van der Waals surface area contributed by atoms with E-state index in [1.165, 1.54) is 6.07 Å². The molecule has 1 fully saturated rings. The monoisotopic (exact) mass is 444 g/mol. The summed E-state index contributed by atoms with van der Waals surface area (Å²) >= 11 is 0. The number of piperidine rings is 1. The van der Waals surface area contributed by atoms with E-state index in [0.29, 0.717) is 25.2 Å². The molecule has 2 aliphatic heterocycles. The number of anilines is 1. The standard InChI is InChI=1S/C21H24N4O7/c26-15(6-2-7-17(28)29)23-11-3-10-22-13-5-1-4-12-18(13)21(32)25(20(12)31)14-8-9-16(27)24-19(14)30/h1,4-5,14,22H,2-3,6-11H2,(H,23,26)(H,28,29)(H,24,27,30). The highest BCUT2D eigenvalue weighted by Crippen LogP contribution is 2.32. The number of hydrogen-bond acceptors (Lipinski definition) is 7. The van der Waals surface area contributed by atoms with Crippen molar-refractivity contribution in [3.8, 4) is 0 Å². The molecule has 0 radical (unpaired) electrons. The minimum absolute atomic E-state index is 0.0525. The van der Waals surface area contributed by atoms with Gasteiger partial charge in [0.1, 0.15) is 6.04 Å². The third-order valence-corrected chi connectivity index (χ3v) is 5.25. The van der Waals surface area contributed by atoms with Gasteiger partial charge in [-0.05, 0) is 31.4 Å². The number of fused-ring (bicyclic) bond motifs is 1. The van der Waals surface area contributed by atoms with Crippen LogP contribution in [-0.2, 0) is 19.2 Å². The molecule has 0 bridgehead atoms. The fraction of sp³-hybridized carbons (Fsp3) is 0.429. The van der Waals surface area contributed by atoms with Crippen LogP contribution in [0.1, 0.15) is 59.2 Å². The average Bonchev–Trinajstić information content (AvgIpc) is 2.99. The van der Waals surface area contributed by atoms with Gasteiger partial charge in [0, 0.05) is 38.0 Å². The summed E-state index contributed by atoms with van der Waals surface area (Å²) < 4.78 is 0. The van der Waals surface area contributed by atoms with Gasteiger partial charge in [-0.15, -0.1) is 0 Å². The zero-order chi connectivity index (χ0) is 23.3. The lowest BCUT2D eigenvalue weighted by Crippen LogP contribution is -2.54. The lowest BCUT2D eigenvalue weighted by Gasteiger charge is -2.27. The highest BCUT2D eigenvalue weighted by molar-refractivity contribution is 6.25. The summed E-state index contributed by atoms with van der Waals surface area (Å²) in [5.41, 5.74) is 0.819. The first-order valence-corrected chi connectivity index (χ1v) is 10.4. The molecule has 32 heavy (non-hydrogen) atoms. The Morgan fingerprint density at radius 1 is 1.06 bits per heavy atom. The van der Waals surface area contributed by atoms with Gasteiger partial charge >= 0.3 is 5.97 Å². The first kappa shape index (κ1) is 22.9. The second kappa shape index (κ2) is 10.0. The van der Waals surface area contributed by atoms with Crippen molar-refractivity contribution in [3.05, 3.63) is 29.3 Å². The molecule has 170 valence electrons. The molecule has 11 heteroatoms. The van der Waals surface area contributed by atoms with Crippen molar-refractivity contribution < 1.29 is 33.9 Å². The molecule has 1 aromatic rings. The third-order valence-electron chi connectivity index (χ3n) is 5.25. The normalized spacial score (nSPS) is 17.8. The van der Waals surface area contributed by atoms with E-state index in [2.05, 4.69) is 16.0 Å². The number of amides is 5. The Bertz CT molecular complexity index is 975. The third kappa shape index (κ3) is 5.10. The number of carboxylic acid groups (broad SMARTS) is 1. The van der Waals surface area contributed by atoms with Gasteiger partial charge in [-0.25, -0.2) is 0 Å². The Balaban J connectivity index is 1.55. The smallest absolute Gasteiger partial charge is 0.303 e. The molecule has 1 atom stereocenters. The van der Waals surface area contributed by atoms with Gasteiger partial charge in [-0.3, -0.25) is 39.0 Å². The van der Waals surface area contributed by atoms with Crippen LogP contribution in [0, 0.1) is 0 Å². The summed E-state index contributed by atoms with van der Waals surface area (Å²) in [6, 6.07) is 3.78. The molecular weight excluding hydrogens is 420 g/mol. The lowest BCUT2D eigenvalue weighted by atomic mass is 10.0. The second-order valence-electron chi connectivity index (χ2n) is 7.55. The van der Waals surface area contributed by atoms with Crippen molar-refractivity contribution in [1.29, 1.82) is 0 Å². The number of aliphatic carboxylic acids is 1. The fourth-order valence-corrected chi connectivity index (χ4v) is 3.69.